The normalized spacial score (nSPS) is 24.6. The number of methoxy groups -OCH3 is 1. The van der Waals surface area contributed by atoms with Crippen molar-refractivity contribution in [1.82, 2.24) is 5.32 Å². The lowest BCUT2D eigenvalue weighted by Gasteiger charge is -2.32. The summed E-state index contributed by atoms with van der Waals surface area (Å²) in [5, 5.41) is 13.8. The lowest BCUT2D eigenvalue weighted by Crippen LogP contribution is -2.42. The molecule has 112 valence electrons. The summed E-state index contributed by atoms with van der Waals surface area (Å²) < 4.78 is 4.57. The maximum atomic E-state index is 11.1. The van der Waals surface area contributed by atoms with Gasteiger partial charge in [-0.1, -0.05) is 29.5 Å². The van der Waals surface area contributed by atoms with E-state index in [2.05, 4.69) is 21.9 Å². The number of hydrogen-bond acceptors (Lipinski definition) is 3. The van der Waals surface area contributed by atoms with E-state index in [-0.39, 0.29) is 6.04 Å². The molecule has 0 heterocycles. The summed E-state index contributed by atoms with van der Waals surface area (Å²) in [6.45, 7) is 0. The number of benzene rings is 1. The number of amides is 1. The smallest absolute Gasteiger partial charge is 0.407 e. The molecule has 1 aliphatic carbocycles. The zero-order valence-electron chi connectivity index (χ0n) is 11.9. The van der Waals surface area contributed by atoms with Crippen molar-refractivity contribution >= 4 is 17.7 Å². The molecule has 1 saturated carbocycles. The Morgan fingerprint density at radius 3 is 2.81 bits per heavy atom. The number of hydrogen-bond donors (Lipinski definition) is 2. The Bertz CT molecular complexity index is 568. The molecule has 4 nitrogen and oxygen atoms in total. The Morgan fingerprint density at radius 1 is 1.48 bits per heavy atom. The van der Waals surface area contributed by atoms with E-state index >= 15 is 0 Å². The first-order valence-electron chi connectivity index (χ1n) is 6.86. The lowest BCUT2D eigenvalue weighted by atomic mass is 9.82. The van der Waals surface area contributed by atoms with Crippen LogP contribution in [0.2, 0.25) is 5.02 Å². The number of nitrogens with one attached hydrogen (secondary N) is 1. The van der Waals surface area contributed by atoms with Gasteiger partial charge in [-0.3, -0.25) is 0 Å². The van der Waals surface area contributed by atoms with Crippen molar-refractivity contribution in [3.05, 3.63) is 34.9 Å². The lowest BCUT2D eigenvalue weighted by molar-refractivity contribution is 0.0503. The molecule has 0 radical (unpaired) electrons. The van der Waals surface area contributed by atoms with E-state index in [1.807, 2.05) is 12.1 Å². The predicted molar refractivity (Wildman–Crippen MR) is 81.1 cm³/mol. The SMILES string of the molecule is COC(=O)N[C@H]1CC[C@@](O)(C#Cc2cccc(Cl)c2)CC1. The summed E-state index contributed by atoms with van der Waals surface area (Å²) in [5.74, 6) is 5.90. The average molecular weight is 308 g/mol. The third kappa shape index (κ3) is 4.66. The molecule has 0 unspecified atom stereocenters. The average Bonchev–Trinajstić information content (AvgIpc) is 2.48. The van der Waals surface area contributed by atoms with E-state index in [9.17, 15) is 9.90 Å². The number of alkyl carbamates (subject to hydrolysis) is 1. The number of aliphatic hydroxyl groups is 1. The van der Waals surface area contributed by atoms with Crippen LogP contribution in [0.4, 0.5) is 4.79 Å². The van der Waals surface area contributed by atoms with Crippen LogP contribution >= 0.6 is 11.6 Å². The number of carbonyl (C=O) groups is 1. The largest absolute Gasteiger partial charge is 0.453 e. The number of halogens is 1. The minimum absolute atomic E-state index is 0.0331. The van der Waals surface area contributed by atoms with Crippen LogP contribution in [0.5, 0.6) is 0 Å². The second-order valence-corrected chi connectivity index (χ2v) is 5.64. The molecule has 2 rings (SSSR count). The Kier molecular flexibility index (Phi) is 5.11. The van der Waals surface area contributed by atoms with Gasteiger partial charge >= 0.3 is 6.09 Å². The van der Waals surface area contributed by atoms with Gasteiger partial charge in [0.25, 0.3) is 0 Å². The van der Waals surface area contributed by atoms with E-state index in [4.69, 9.17) is 11.6 Å². The van der Waals surface area contributed by atoms with Gasteiger partial charge in [-0.2, -0.15) is 0 Å². The van der Waals surface area contributed by atoms with Crippen LogP contribution in [-0.4, -0.2) is 30.0 Å². The van der Waals surface area contributed by atoms with Crippen LogP contribution in [0.3, 0.4) is 0 Å². The molecule has 2 N–H and O–H groups in total. The van der Waals surface area contributed by atoms with Crippen molar-refractivity contribution in [3.8, 4) is 11.8 Å². The first-order chi connectivity index (χ1) is 10.0. The molecular formula is C16H18ClNO3. The molecule has 0 atom stereocenters. The van der Waals surface area contributed by atoms with Gasteiger partial charge in [0.05, 0.1) is 7.11 Å². The van der Waals surface area contributed by atoms with Crippen LogP contribution in [0.25, 0.3) is 0 Å². The summed E-state index contributed by atoms with van der Waals surface area (Å²) in [6.07, 6.45) is 1.96. The zero-order chi connectivity index (χ0) is 15.3. The second kappa shape index (κ2) is 6.84. The van der Waals surface area contributed by atoms with Crippen molar-refractivity contribution < 1.29 is 14.6 Å². The van der Waals surface area contributed by atoms with Gasteiger partial charge in [0, 0.05) is 16.6 Å². The molecule has 1 aromatic rings. The molecule has 1 fully saturated rings. The van der Waals surface area contributed by atoms with E-state index in [1.165, 1.54) is 7.11 Å². The Labute approximate surface area is 129 Å². The molecule has 1 aliphatic rings. The molecule has 0 aliphatic heterocycles. The van der Waals surface area contributed by atoms with Crippen LogP contribution in [0.15, 0.2) is 24.3 Å². The number of rotatable bonds is 1. The third-order valence-corrected chi connectivity index (χ3v) is 3.82. The molecule has 21 heavy (non-hydrogen) atoms. The second-order valence-electron chi connectivity index (χ2n) is 5.20. The van der Waals surface area contributed by atoms with Crippen molar-refractivity contribution in [2.24, 2.45) is 0 Å². The maximum absolute atomic E-state index is 11.1. The van der Waals surface area contributed by atoms with Crippen LogP contribution < -0.4 is 5.32 Å². The zero-order valence-corrected chi connectivity index (χ0v) is 12.6. The van der Waals surface area contributed by atoms with Crippen molar-refractivity contribution in [2.45, 2.75) is 37.3 Å². The molecular weight excluding hydrogens is 290 g/mol. The predicted octanol–water partition coefficient (Wildman–Crippen LogP) is 2.72. The summed E-state index contributed by atoms with van der Waals surface area (Å²) in [4.78, 5) is 11.1. The van der Waals surface area contributed by atoms with Gasteiger partial charge < -0.3 is 15.2 Å². The minimum Gasteiger partial charge on any atom is -0.453 e. The molecule has 0 aromatic heterocycles. The summed E-state index contributed by atoms with van der Waals surface area (Å²) in [5.41, 5.74) is -0.220. The van der Waals surface area contributed by atoms with Gasteiger partial charge in [-0.15, -0.1) is 0 Å². The monoisotopic (exact) mass is 307 g/mol. The molecule has 0 saturated heterocycles. The van der Waals surface area contributed by atoms with Gasteiger partial charge in [-0.05, 0) is 43.9 Å². The third-order valence-electron chi connectivity index (χ3n) is 3.58. The van der Waals surface area contributed by atoms with Gasteiger partial charge in [0.15, 0.2) is 0 Å². The fourth-order valence-corrected chi connectivity index (χ4v) is 2.54. The van der Waals surface area contributed by atoms with Crippen LogP contribution in [0, 0.1) is 11.8 Å². The summed E-state index contributed by atoms with van der Waals surface area (Å²) in [6, 6.07) is 7.26. The highest BCUT2D eigenvalue weighted by molar-refractivity contribution is 6.30. The minimum atomic E-state index is -1.00. The highest BCUT2D eigenvalue weighted by atomic mass is 35.5. The molecule has 1 aromatic carbocycles. The van der Waals surface area contributed by atoms with Gasteiger partial charge in [0.1, 0.15) is 5.60 Å². The van der Waals surface area contributed by atoms with E-state index in [1.54, 1.807) is 12.1 Å². The van der Waals surface area contributed by atoms with Crippen molar-refractivity contribution in [1.29, 1.82) is 0 Å². The molecule has 5 heteroatoms. The van der Waals surface area contributed by atoms with E-state index in [0.717, 1.165) is 5.56 Å². The standard InChI is InChI=1S/C16H18ClNO3/c1-21-15(19)18-14-6-9-16(20,10-7-14)8-5-12-3-2-4-13(17)11-12/h2-4,11,14,20H,6-7,9-10H2,1H3,(H,18,19)/t14-,16-. The van der Waals surface area contributed by atoms with E-state index in [0.29, 0.717) is 30.7 Å². The van der Waals surface area contributed by atoms with Gasteiger partial charge in [-0.25, -0.2) is 4.79 Å². The summed E-state index contributed by atoms with van der Waals surface area (Å²) in [7, 11) is 1.34. The van der Waals surface area contributed by atoms with Crippen molar-refractivity contribution in [2.75, 3.05) is 7.11 Å². The fourth-order valence-electron chi connectivity index (χ4n) is 2.35. The highest BCUT2D eigenvalue weighted by Crippen LogP contribution is 2.28. The molecule has 0 bridgehead atoms. The van der Waals surface area contributed by atoms with E-state index < -0.39 is 11.7 Å². The Morgan fingerprint density at radius 2 is 2.19 bits per heavy atom. The maximum Gasteiger partial charge on any atom is 0.407 e. The first kappa shape index (κ1) is 15.7. The fraction of sp³-hybridized carbons (Fsp3) is 0.438. The topological polar surface area (TPSA) is 58.6 Å². The Balaban J connectivity index is 1.95. The quantitative estimate of drug-likeness (QED) is 0.784. The molecule has 1 amide bonds. The Hall–Kier alpha value is -1.70. The van der Waals surface area contributed by atoms with Crippen molar-refractivity contribution in [3.63, 3.8) is 0 Å². The highest BCUT2D eigenvalue weighted by Gasteiger charge is 2.32. The number of ether oxygens (including phenoxy) is 1. The summed E-state index contributed by atoms with van der Waals surface area (Å²) >= 11 is 5.90. The van der Waals surface area contributed by atoms with Crippen LogP contribution in [0.1, 0.15) is 31.2 Å². The van der Waals surface area contributed by atoms with Gasteiger partial charge in [0.2, 0.25) is 0 Å². The first-order valence-corrected chi connectivity index (χ1v) is 7.24. The molecule has 0 spiro atoms. The van der Waals surface area contributed by atoms with Crippen LogP contribution in [-0.2, 0) is 4.74 Å². The number of carbonyl (C=O) groups excluding carboxylic acids is 1.